The molecule has 96 valence electrons. The monoisotopic (exact) mass is 238 g/mol. The fourth-order valence-corrected chi connectivity index (χ4v) is 1.65. The Kier molecular flexibility index (Phi) is 5.69. The van der Waals surface area contributed by atoms with E-state index < -0.39 is 0 Å². The van der Waals surface area contributed by atoms with Crippen LogP contribution < -0.4 is 10.6 Å². The lowest BCUT2D eigenvalue weighted by molar-refractivity contribution is 0.182. The summed E-state index contributed by atoms with van der Waals surface area (Å²) >= 11 is 0. The van der Waals surface area contributed by atoms with Crippen molar-refractivity contribution in [3.63, 3.8) is 0 Å². The Balaban J connectivity index is 2.76. The molecule has 1 aromatic heterocycles. The maximum atomic E-state index is 5.20. The number of aromatic nitrogens is 2. The van der Waals surface area contributed by atoms with Crippen molar-refractivity contribution in [1.29, 1.82) is 0 Å². The predicted octanol–water partition coefficient (Wildman–Crippen LogP) is 2.05. The van der Waals surface area contributed by atoms with E-state index in [9.17, 15) is 0 Å². The molecular weight excluding hydrogens is 216 g/mol. The van der Waals surface area contributed by atoms with Crippen molar-refractivity contribution in [1.82, 2.24) is 9.97 Å². The van der Waals surface area contributed by atoms with E-state index in [1.807, 2.05) is 20.2 Å². The van der Waals surface area contributed by atoms with E-state index in [1.165, 1.54) is 0 Å². The minimum absolute atomic E-state index is 0.295. The summed E-state index contributed by atoms with van der Waals surface area (Å²) in [5.41, 5.74) is 1.04. The van der Waals surface area contributed by atoms with Gasteiger partial charge in [-0.05, 0) is 13.3 Å². The van der Waals surface area contributed by atoms with Crippen LogP contribution in [0.3, 0.4) is 0 Å². The highest BCUT2D eigenvalue weighted by molar-refractivity contribution is 5.46. The number of hydrogen-bond donors (Lipinski definition) is 2. The smallest absolute Gasteiger partial charge is 0.224 e. The molecule has 0 aliphatic heterocycles. The molecule has 1 unspecified atom stereocenters. The van der Waals surface area contributed by atoms with Crippen LogP contribution in [0.15, 0.2) is 6.20 Å². The molecular formula is C12H22N4O. The first-order chi connectivity index (χ1) is 8.21. The summed E-state index contributed by atoms with van der Waals surface area (Å²) in [4.78, 5) is 8.57. The minimum Gasteiger partial charge on any atom is -0.383 e. The van der Waals surface area contributed by atoms with Crippen LogP contribution in [0, 0.1) is 6.92 Å². The molecule has 0 saturated carbocycles. The van der Waals surface area contributed by atoms with Crippen LogP contribution in [0.2, 0.25) is 0 Å². The first-order valence-corrected chi connectivity index (χ1v) is 5.98. The van der Waals surface area contributed by atoms with Crippen LogP contribution in [0.4, 0.5) is 11.8 Å². The number of nitrogens with zero attached hydrogens (tertiary/aromatic N) is 2. The lowest BCUT2D eigenvalue weighted by atomic mass is 10.2. The van der Waals surface area contributed by atoms with E-state index in [4.69, 9.17) is 4.74 Å². The van der Waals surface area contributed by atoms with Gasteiger partial charge in [0.05, 0.1) is 12.6 Å². The highest BCUT2D eigenvalue weighted by Gasteiger charge is 2.10. The van der Waals surface area contributed by atoms with E-state index >= 15 is 0 Å². The molecule has 0 aliphatic rings. The number of ether oxygens (including phenoxy) is 1. The van der Waals surface area contributed by atoms with Gasteiger partial charge in [-0.1, -0.05) is 13.3 Å². The highest BCUT2D eigenvalue weighted by atomic mass is 16.5. The number of nitrogens with one attached hydrogen (secondary N) is 2. The van der Waals surface area contributed by atoms with Crippen molar-refractivity contribution < 1.29 is 4.74 Å². The molecule has 0 amide bonds. The Morgan fingerprint density at radius 1 is 1.47 bits per heavy atom. The van der Waals surface area contributed by atoms with Gasteiger partial charge >= 0.3 is 0 Å². The zero-order chi connectivity index (χ0) is 12.7. The zero-order valence-electron chi connectivity index (χ0n) is 11.1. The second-order valence-corrected chi connectivity index (χ2v) is 4.06. The SMILES string of the molecule is CCCC(COC)Nc1nc(NC)ncc1C. The lowest BCUT2D eigenvalue weighted by Crippen LogP contribution is -2.26. The molecule has 0 aliphatic carbocycles. The summed E-state index contributed by atoms with van der Waals surface area (Å²) in [6, 6.07) is 0.295. The third-order valence-corrected chi connectivity index (χ3v) is 2.54. The van der Waals surface area contributed by atoms with Crippen molar-refractivity contribution in [3.8, 4) is 0 Å². The standard InChI is InChI=1S/C12H22N4O/c1-5-6-10(8-17-4)15-11-9(2)7-14-12(13-3)16-11/h7,10H,5-6,8H2,1-4H3,(H2,13,14,15,16). The van der Waals surface area contributed by atoms with Crippen molar-refractivity contribution in [2.45, 2.75) is 32.7 Å². The van der Waals surface area contributed by atoms with Gasteiger partial charge in [0.15, 0.2) is 0 Å². The van der Waals surface area contributed by atoms with Crippen molar-refractivity contribution in [2.75, 3.05) is 31.4 Å². The van der Waals surface area contributed by atoms with Crippen LogP contribution in [0.25, 0.3) is 0 Å². The molecule has 0 spiro atoms. The molecule has 1 aromatic rings. The summed E-state index contributed by atoms with van der Waals surface area (Å²) in [5, 5.41) is 6.35. The molecule has 0 aromatic carbocycles. The molecule has 1 atom stereocenters. The topological polar surface area (TPSA) is 59.1 Å². The quantitative estimate of drug-likeness (QED) is 0.761. The van der Waals surface area contributed by atoms with Crippen LogP contribution in [-0.2, 0) is 4.74 Å². The average molecular weight is 238 g/mol. The van der Waals surface area contributed by atoms with Gasteiger partial charge in [0.1, 0.15) is 5.82 Å². The molecule has 2 N–H and O–H groups in total. The normalized spacial score (nSPS) is 12.2. The predicted molar refractivity (Wildman–Crippen MR) is 70.5 cm³/mol. The van der Waals surface area contributed by atoms with E-state index in [2.05, 4.69) is 27.5 Å². The largest absolute Gasteiger partial charge is 0.383 e. The van der Waals surface area contributed by atoms with Gasteiger partial charge in [-0.15, -0.1) is 0 Å². The van der Waals surface area contributed by atoms with Crippen LogP contribution >= 0.6 is 0 Å². The molecule has 1 heterocycles. The summed E-state index contributed by atoms with van der Waals surface area (Å²) in [6.07, 6.45) is 3.99. The fraction of sp³-hybridized carbons (Fsp3) is 0.667. The Labute approximate surface area is 103 Å². The number of hydrogen-bond acceptors (Lipinski definition) is 5. The molecule has 5 nitrogen and oxygen atoms in total. The molecule has 5 heteroatoms. The summed E-state index contributed by atoms with van der Waals surface area (Å²) in [6.45, 7) is 4.85. The van der Waals surface area contributed by atoms with E-state index in [0.717, 1.165) is 24.2 Å². The number of anilines is 2. The summed E-state index contributed by atoms with van der Waals surface area (Å²) in [7, 11) is 3.53. The van der Waals surface area contributed by atoms with Gasteiger partial charge in [-0.3, -0.25) is 0 Å². The molecule has 0 fully saturated rings. The van der Waals surface area contributed by atoms with E-state index in [1.54, 1.807) is 7.11 Å². The Hall–Kier alpha value is -1.36. The summed E-state index contributed by atoms with van der Waals surface area (Å²) in [5.74, 6) is 1.51. The molecule has 0 radical (unpaired) electrons. The van der Waals surface area contributed by atoms with Gasteiger partial charge in [0, 0.05) is 25.9 Å². The Morgan fingerprint density at radius 3 is 2.82 bits per heavy atom. The van der Waals surface area contributed by atoms with Gasteiger partial charge in [0.2, 0.25) is 5.95 Å². The van der Waals surface area contributed by atoms with Gasteiger partial charge in [0.25, 0.3) is 0 Å². The summed E-state index contributed by atoms with van der Waals surface area (Å²) < 4.78 is 5.20. The first-order valence-electron chi connectivity index (χ1n) is 5.98. The minimum atomic E-state index is 0.295. The third kappa shape index (κ3) is 4.19. The maximum absolute atomic E-state index is 5.20. The number of aryl methyl sites for hydroxylation is 1. The molecule has 17 heavy (non-hydrogen) atoms. The average Bonchev–Trinajstić information content (AvgIpc) is 2.32. The molecule has 0 saturated heterocycles. The van der Waals surface area contributed by atoms with Gasteiger partial charge < -0.3 is 15.4 Å². The molecule has 1 rings (SSSR count). The fourth-order valence-electron chi connectivity index (χ4n) is 1.65. The zero-order valence-corrected chi connectivity index (χ0v) is 11.1. The lowest BCUT2D eigenvalue weighted by Gasteiger charge is -2.19. The highest BCUT2D eigenvalue weighted by Crippen LogP contribution is 2.15. The Bertz CT molecular complexity index is 337. The maximum Gasteiger partial charge on any atom is 0.224 e. The second kappa shape index (κ2) is 7.06. The first kappa shape index (κ1) is 13.7. The molecule has 0 bridgehead atoms. The third-order valence-electron chi connectivity index (χ3n) is 2.54. The van der Waals surface area contributed by atoms with Crippen molar-refractivity contribution >= 4 is 11.8 Å². The van der Waals surface area contributed by atoms with E-state index in [-0.39, 0.29) is 0 Å². The number of rotatable bonds is 7. The van der Waals surface area contributed by atoms with Crippen LogP contribution in [0.5, 0.6) is 0 Å². The van der Waals surface area contributed by atoms with Crippen molar-refractivity contribution in [2.24, 2.45) is 0 Å². The van der Waals surface area contributed by atoms with Gasteiger partial charge in [-0.25, -0.2) is 4.98 Å². The van der Waals surface area contributed by atoms with Crippen LogP contribution in [-0.4, -0.2) is 36.8 Å². The Morgan fingerprint density at radius 2 is 2.24 bits per heavy atom. The van der Waals surface area contributed by atoms with Crippen LogP contribution in [0.1, 0.15) is 25.3 Å². The van der Waals surface area contributed by atoms with Gasteiger partial charge in [-0.2, -0.15) is 4.98 Å². The number of methoxy groups -OCH3 is 1. The van der Waals surface area contributed by atoms with Crippen molar-refractivity contribution in [3.05, 3.63) is 11.8 Å². The second-order valence-electron chi connectivity index (χ2n) is 4.06. The van der Waals surface area contributed by atoms with E-state index in [0.29, 0.717) is 18.6 Å².